The standard InChI is InChI=1S/C28H31F2N3O3/c1-16-7-9-21-24(32(16)28(35)36-3)11-12-25-27(21)31-26(14-18-8-10-22(29)23(30)13-18)33(25)20-6-4-5-19(15-20)17(2)34/h8,10-13,16,19-20H,4-7,9,14-15H2,1-3H3/t16-,19+,20+/m0/s1. The van der Waals surface area contributed by atoms with Crippen LogP contribution in [0, 0.1) is 17.6 Å². The number of methoxy groups -OCH3 is 1. The van der Waals surface area contributed by atoms with Crippen LogP contribution in [0.15, 0.2) is 30.3 Å². The molecule has 1 amide bonds. The van der Waals surface area contributed by atoms with Gasteiger partial charge in [-0.25, -0.2) is 18.6 Å². The molecule has 2 aromatic carbocycles. The molecule has 0 saturated heterocycles. The third-order valence-electron chi connectivity index (χ3n) is 7.83. The van der Waals surface area contributed by atoms with E-state index in [0.29, 0.717) is 12.0 Å². The molecular weight excluding hydrogens is 464 g/mol. The molecule has 8 heteroatoms. The number of aromatic nitrogens is 2. The topological polar surface area (TPSA) is 64.4 Å². The van der Waals surface area contributed by atoms with Gasteiger partial charge in [-0.05, 0) is 75.8 Å². The lowest BCUT2D eigenvalue weighted by atomic mass is 9.83. The van der Waals surface area contributed by atoms with Gasteiger partial charge in [0.05, 0.1) is 23.8 Å². The molecule has 2 heterocycles. The van der Waals surface area contributed by atoms with Crippen molar-refractivity contribution < 1.29 is 23.1 Å². The monoisotopic (exact) mass is 495 g/mol. The lowest BCUT2D eigenvalue weighted by Crippen LogP contribution is -2.42. The second-order valence-corrected chi connectivity index (χ2v) is 10.1. The number of ketones is 1. The number of Topliss-reactive ketones (excluding diaryl/α,β-unsaturated/α-hetero) is 1. The zero-order valence-corrected chi connectivity index (χ0v) is 20.9. The average molecular weight is 496 g/mol. The van der Waals surface area contributed by atoms with Crippen LogP contribution >= 0.6 is 0 Å². The number of anilines is 1. The van der Waals surface area contributed by atoms with E-state index in [0.717, 1.165) is 72.7 Å². The van der Waals surface area contributed by atoms with Crippen molar-refractivity contribution in [3.63, 3.8) is 0 Å². The first kappa shape index (κ1) is 24.4. The third kappa shape index (κ3) is 4.27. The third-order valence-corrected chi connectivity index (χ3v) is 7.83. The molecule has 36 heavy (non-hydrogen) atoms. The average Bonchev–Trinajstić information content (AvgIpc) is 3.23. The summed E-state index contributed by atoms with van der Waals surface area (Å²) in [5.74, 6) is -0.807. The van der Waals surface area contributed by atoms with Crippen molar-refractivity contribution in [2.45, 2.75) is 70.9 Å². The first-order chi connectivity index (χ1) is 17.3. The van der Waals surface area contributed by atoms with Crippen LogP contribution in [0.25, 0.3) is 11.0 Å². The van der Waals surface area contributed by atoms with Crippen molar-refractivity contribution >= 4 is 28.6 Å². The highest BCUT2D eigenvalue weighted by molar-refractivity contribution is 5.95. The van der Waals surface area contributed by atoms with Crippen molar-refractivity contribution in [1.29, 1.82) is 0 Å². The number of imidazole rings is 1. The van der Waals surface area contributed by atoms with Crippen molar-refractivity contribution in [2.24, 2.45) is 5.92 Å². The van der Waals surface area contributed by atoms with Gasteiger partial charge in [0.1, 0.15) is 11.6 Å². The summed E-state index contributed by atoms with van der Waals surface area (Å²) in [5.41, 5.74) is 4.17. The van der Waals surface area contributed by atoms with Gasteiger partial charge in [0.15, 0.2) is 11.6 Å². The number of ether oxygens (including phenoxy) is 1. The molecule has 1 aliphatic heterocycles. The highest BCUT2D eigenvalue weighted by Crippen LogP contribution is 2.41. The second kappa shape index (κ2) is 9.64. The van der Waals surface area contributed by atoms with Gasteiger partial charge in [-0.1, -0.05) is 12.5 Å². The molecule has 0 unspecified atom stereocenters. The maximum atomic E-state index is 14.0. The van der Waals surface area contributed by atoms with Gasteiger partial charge in [-0.2, -0.15) is 0 Å². The molecule has 1 fully saturated rings. The number of rotatable bonds is 4. The van der Waals surface area contributed by atoms with Gasteiger partial charge >= 0.3 is 6.09 Å². The smallest absolute Gasteiger partial charge is 0.414 e. The van der Waals surface area contributed by atoms with E-state index in [4.69, 9.17) is 9.72 Å². The van der Waals surface area contributed by atoms with Crippen LogP contribution in [0.2, 0.25) is 0 Å². The molecule has 1 aliphatic carbocycles. The number of amides is 1. The number of hydrogen-bond donors (Lipinski definition) is 0. The lowest BCUT2D eigenvalue weighted by Gasteiger charge is -2.34. The Morgan fingerprint density at radius 2 is 1.92 bits per heavy atom. The Morgan fingerprint density at radius 1 is 1.11 bits per heavy atom. The van der Waals surface area contributed by atoms with Gasteiger partial charge in [0.2, 0.25) is 0 Å². The Balaban J connectivity index is 1.65. The van der Waals surface area contributed by atoms with Crippen LogP contribution in [0.4, 0.5) is 19.3 Å². The molecule has 3 atom stereocenters. The number of nitrogens with zero attached hydrogens (tertiary/aromatic N) is 3. The molecule has 0 bridgehead atoms. The minimum absolute atomic E-state index is 0.000755. The number of halogens is 2. The summed E-state index contributed by atoms with van der Waals surface area (Å²) in [7, 11) is 1.38. The van der Waals surface area contributed by atoms with Crippen LogP contribution in [-0.2, 0) is 22.4 Å². The quantitative estimate of drug-likeness (QED) is 0.437. The first-order valence-electron chi connectivity index (χ1n) is 12.6. The minimum Gasteiger partial charge on any atom is -0.452 e. The Hall–Kier alpha value is -3.29. The predicted octanol–water partition coefficient (Wildman–Crippen LogP) is 6.13. The Labute approximate surface area is 209 Å². The maximum absolute atomic E-state index is 14.0. The molecule has 6 nitrogen and oxygen atoms in total. The summed E-state index contributed by atoms with van der Waals surface area (Å²) in [4.78, 5) is 31.5. The fourth-order valence-electron chi connectivity index (χ4n) is 5.96. The molecule has 0 radical (unpaired) electrons. The van der Waals surface area contributed by atoms with Crippen molar-refractivity contribution in [3.8, 4) is 0 Å². The fourth-order valence-corrected chi connectivity index (χ4v) is 5.96. The number of carbonyl (C=O) groups excluding carboxylic acids is 2. The maximum Gasteiger partial charge on any atom is 0.414 e. The fraction of sp³-hybridized carbons (Fsp3) is 0.464. The lowest BCUT2D eigenvalue weighted by molar-refractivity contribution is -0.122. The van der Waals surface area contributed by atoms with Gasteiger partial charge in [-0.15, -0.1) is 0 Å². The highest BCUT2D eigenvalue weighted by Gasteiger charge is 2.33. The molecule has 1 saturated carbocycles. The van der Waals surface area contributed by atoms with Crippen LogP contribution in [0.1, 0.15) is 68.9 Å². The Bertz CT molecular complexity index is 1340. The molecule has 5 rings (SSSR count). The van der Waals surface area contributed by atoms with E-state index in [9.17, 15) is 18.4 Å². The summed E-state index contributed by atoms with van der Waals surface area (Å²) in [6.45, 7) is 3.65. The summed E-state index contributed by atoms with van der Waals surface area (Å²) in [6.07, 6.45) is 4.96. The van der Waals surface area contributed by atoms with E-state index < -0.39 is 17.7 Å². The highest BCUT2D eigenvalue weighted by atomic mass is 19.2. The molecule has 2 aliphatic rings. The Morgan fingerprint density at radius 3 is 2.64 bits per heavy atom. The predicted molar refractivity (Wildman–Crippen MR) is 133 cm³/mol. The van der Waals surface area contributed by atoms with Crippen molar-refractivity contribution in [3.05, 3.63) is 58.9 Å². The van der Waals surface area contributed by atoms with Gasteiger partial charge in [0, 0.05) is 30.0 Å². The van der Waals surface area contributed by atoms with Gasteiger partial charge < -0.3 is 9.30 Å². The molecule has 190 valence electrons. The SMILES string of the molecule is COC(=O)N1c2ccc3c(nc(Cc4ccc(F)c(F)c4)n3[C@@H]3CCC[C@@H](C(C)=O)C3)c2CC[C@@H]1C. The largest absolute Gasteiger partial charge is 0.452 e. The summed E-state index contributed by atoms with van der Waals surface area (Å²) < 4.78 is 34.8. The zero-order chi connectivity index (χ0) is 25.6. The van der Waals surface area contributed by atoms with E-state index in [-0.39, 0.29) is 23.8 Å². The Kier molecular flexibility index (Phi) is 6.53. The molecular formula is C28H31F2N3O3. The van der Waals surface area contributed by atoms with E-state index in [1.165, 1.54) is 13.2 Å². The molecule has 0 spiro atoms. The first-order valence-corrected chi connectivity index (χ1v) is 12.6. The number of aryl methyl sites for hydroxylation is 1. The molecule has 0 N–H and O–H groups in total. The minimum atomic E-state index is -0.885. The van der Waals surface area contributed by atoms with Crippen LogP contribution in [0.3, 0.4) is 0 Å². The van der Waals surface area contributed by atoms with Crippen LogP contribution < -0.4 is 4.90 Å². The van der Waals surface area contributed by atoms with Gasteiger partial charge in [0.25, 0.3) is 0 Å². The zero-order valence-electron chi connectivity index (χ0n) is 20.9. The molecule has 1 aromatic heterocycles. The molecule has 3 aromatic rings. The van der Waals surface area contributed by atoms with Crippen molar-refractivity contribution in [1.82, 2.24) is 9.55 Å². The summed E-state index contributed by atoms with van der Waals surface area (Å²) in [5, 5.41) is 0. The normalized spacial score (nSPS) is 21.9. The van der Waals surface area contributed by atoms with Crippen LogP contribution in [-0.4, -0.2) is 34.6 Å². The van der Waals surface area contributed by atoms with E-state index in [2.05, 4.69) is 4.57 Å². The van der Waals surface area contributed by atoms with Crippen molar-refractivity contribution in [2.75, 3.05) is 12.0 Å². The van der Waals surface area contributed by atoms with E-state index in [1.807, 2.05) is 19.1 Å². The van der Waals surface area contributed by atoms with E-state index >= 15 is 0 Å². The number of carbonyl (C=O) groups is 2. The van der Waals surface area contributed by atoms with Gasteiger partial charge in [-0.3, -0.25) is 9.69 Å². The number of hydrogen-bond acceptors (Lipinski definition) is 4. The van der Waals surface area contributed by atoms with Crippen LogP contribution in [0.5, 0.6) is 0 Å². The summed E-state index contributed by atoms with van der Waals surface area (Å²) >= 11 is 0. The summed E-state index contributed by atoms with van der Waals surface area (Å²) in [6, 6.07) is 7.96. The number of benzene rings is 2. The van der Waals surface area contributed by atoms with E-state index in [1.54, 1.807) is 17.9 Å². The second-order valence-electron chi connectivity index (χ2n) is 10.1. The number of fused-ring (bicyclic) bond motifs is 3.